The maximum absolute atomic E-state index is 10.4. The third kappa shape index (κ3) is 1.66. The lowest BCUT2D eigenvalue weighted by molar-refractivity contribution is 0.905. The van der Waals surface area contributed by atoms with Gasteiger partial charge in [0.15, 0.2) is 0 Å². The van der Waals surface area contributed by atoms with Crippen LogP contribution in [0.15, 0.2) is 22.1 Å². The molecule has 0 bridgehead atoms. The van der Waals surface area contributed by atoms with Crippen molar-refractivity contribution in [2.45, 2.75) is 0 Å². The second-order valence-electron chi connectivity index (χ2n) is 1.34. The summed E-state index contributed by atoms with van der Waals surface area (Å²) in [6, 6.07) is 0. The molecule has 0 spiro atoms. The SMILES string of the molecule is O=c1cnc(=O)nncn1. The molecule has 1 aromatic heterocycles. The average molecular weight is 138 g/mol. The van der Waals surface area contributed by atoms with Crippen molar-refractivity contribution in [3.63, 3.8) is 0 Å². The van der Waals surface area contributed by atoms with Gasteiger partial charge in [-0.1, -0.05) is 5.10 Å². The van der Waals surface area contributed by atoms with Crippen molar-refractivity contribution in [3.8, 4) is 0 Å². The van der Waals surface area contributed by atoms with E-state index in [1.165, 1.54) is 0 Å². The van der Waals surface area contributed by atoms with Crippen LogP contribution in [0.3, 0.4) is 0 Å². The Balaban J connectivity index is 3.44. The Morgan fingerprint density at radius 3 is 2.80 bits per heavy atom. The Kier molecular flexibility index (Phi) is 1.74. The van der Waals surface area contributed by atoms with E-state index in [0.29, 0.717) is 0 Å². The molecule has 0 saturated carbocycles. The van der Waals surface area contributed by atoms with E-state index in [1.807, 2.05) is 0 Å². The summed E-state index contributed by atoms with van der Waals surface area (Å²) in [5, 5.41) is 6.12. The molecular weight excluding hydrogens is 136 g/mol. The first-order valence-electron chi connectivity index (χ1n) is 2.34. The van der Waals surface area contributed by atoms with Crippen molar-refractivity contribution >= 4 is 0 Å². The monoisotopic (exact) mass is 138 g/mol. The Hall–Kier alpha value is -1.72. The fourth-order valence-corrected chi connectivity index (χ4v) is 0.328. The summed E-state index contributed by atoms with van der Waals surface area (Å²) in [5.41, 5.74) is -1.42. The first-order valence-corrected chi connectivity index (χ1v) is 2.34. The zero-order valence-electron chi connectivity index (χ0n) is 4.76. The van der Waals surface area contributed by atoms with Crippen LogP contribution in [-0.4, -0.2) is 20.2 Å². The van der Waals surface area contributed by atoms with Crippen LogP contribution in [0.2, 0.25) is 0 Å². The van der Waals surface area contributed by atoms with Gasteiger partial charge < -0.3 is 0 Å². The van der Waals surface area contributed by atoms with Crippen LogP contribution in [0.4, 0.5) is 0 Å². The Morgan fingerprint density at radius 2 is 2.00 bits per heavy atom. The summed E-state index contributed by atoms with van der Waals surface area (Å²) in [5.74, 6) is 0. The molecule has 0 atom stereocenters. The normalized spacial score (nSPS) is 8.80. The summed E-state index contributed by atoms with van der Waals surface area (Å²) >= 11 is 0. The first kappa shape index (κ1) is 6.40. The van der Waals surface area contributed by atoms with E-state index in [2.05, 4.69) is 20.2 Å². The van der Waals surface area contributed by atoms with Crippen molar-refractivity contribution in [1.82, 2.24) is 20.2 Å². The van der Waals surface area contributed by atoms with Crippen LogP contribution in [0.1, 0.15) is 0 Å². The quantitative estimate of drug-likeness (QED) is 0.411. The van der Waals surface area contributed by atoms with E-state index in [-0.39, 0.29) is 0 Å². The van der Waals surface area contributed by atoms with Crippen molar-refractivity contribution < 1.29 is 0 Å². The van der Waals surface area contributed by atoms with Gasteiger partial charge in [0.05, 0.1) is 0 Å². The summed E-state index contributed by atoms with van der Waals surface area (Å²) in [7, 11) is 0. The van der Waals surface area contributed by atoms with Gasteiger partial charge in [0.1, 0.15) is 12.5 Å². The summed E-state index contributed by atoms with van der Waals surface area (Å²) in [6.45, 7) is 0. The van der Waals surface area contributed by atoms with Crippen LogP contribution >= 0.6 is 0 Å². The molecule has 0 amide bonds. The summed E-state index contributed by atoms with van der Waals surface area (Å²) in [6.07, 6.45) is 1.68. The van der Waals surface area contributed by atoms with E-state index in [0.717, 1.165) is 12.5 Å². The van der Waals surface area contributed by atoms with Crippen LogP contribution in [0, 0.1) is 0 Å². The molecule has 1 rings (SSSR count). The predicted molar refractivity (Wildman–Crippen MR) is 30.2 cm³/mol. The number of hydrogen-bond acceptors (Lipinski definition) is 6. The van der Waals surface area contributed by atoms with Gasteiger partial charge in [-0.25, -0.2) is 4.79 Å². The smallest absolute Gasteiger partial charge is 0.266 e. The minimum atomic E-state index is -0.806. The fourth-order valence-electron chi connectivity index (χ4n) is 0.328. The van der Waals surface area contributed by atoms with Crippen molar-refractivity contribution in [3.05, 3.63) is 33.4 Å². The highest BCUT2D eigenvalue weighted by atomic mass is 16.1. The number of aromatic nitrogens is 4. The zero-order chi connectivity index (χ0) is 7.40. The fraction of sp³-hybridized carbons (Fsp3) is 0. The maximum Gasteiger partial charge on any atom is 0.385 e. The van der Waals surface area contributed by atoms with Gasteiger partial charge in [-0.15, -0.1) is 5.10 Å². The van der Waals surface area contributed by atoms with Gasteiger partial charge in [-0.05, 0) is 0 Å². The van der Waals surface area contributed by atoms with E-state index in [1.54, 1.807) is 0 Å². The Labute approximate surface area is 54.6 Å². The molecule has 0 aliphatic heterocycles. The van der Waals surface area contributed by atoms with Gasteiger partial charge in [0, 0.05) is 0 Å². The molecule has 0 radical (unpaired) electrons. The minimum absolute atomic E-state index is 0.619. The zero-order valence-corrected chi connectivity index (χ0v) is 4.76. The topological polar surface area (TPSA) is 85.7 Å². The van der Waals surface area contributed by atoms with Gasteiger partial charge in [-0.2, -0.15) is 9.97 Å². The van der Waals surface area contributed by atoms with E-state index >= 15 is 0 Å². The largest absolute Gasteiger partial charge is 0.385 e. The molecule has 10 heavy (non-hydrogen) atoms. The third-order valence-electron chi connectivity index (χ3n) is 0.665. The van der Waals surface area contributed by atoms with Crippen LogP contribution < -0.4 is 11.2 Å². The highest BCUT2D eigenvalue weighted by molar-refractivity contribution is 4.64. The minimum Gasteiger partial charge on any atom is -0.266 e. The third-order valence-corrected chi connectivity index (χ3v) is 0.665. The van der Waals surface area contributed by atoms with Crippen molar-refractivity contribution in [2.24, 2.45) is 0 Å². The standard InChI is InChI=1S/C4H2N4O2/c9-3-1-5-4(10)8-7-2-6-3/h1-2H. The molecule has 6 heteroatoms. The number of rotatable bonds is 0. The summed E-state index contributed by atoms with van der Waals surface area (Å²) in [4.78, 5) is 27.0. The van der Waals surface area contributed by atoms with Gasteiger partial charge in [0.25, 0.3) is 5.56 Å². The Morgan fingerprint density at radius 1 is 1.20 bits per heavy atom. The van der Waals surface area contributed by atoms with Gasteiger partial charge in [0.2, 0.25) is 0 Å². The average Bonchev–Trinajstić information content (AvgIpc) is 1.90. The van der Waals surface area contributed by atoms with Crippen molar-refractivity contribution in [2.75, 3.05) is 0 Å². The van der Waals surface area contributed by atoms with E-state index < -0.39 is 11.2 Å². The van der Waals surface area contributed by atoms with Gasteiger partial charge >= 0.3 is 5.69 Å². The molecule has 0 unspecified atom stereocenters. The van der Waals surface area contributed by atoms with E-state index in [4.69, 9.17) is 0 Å². The molecule has 1 heterocycles. The predicted octanol–water partition coefficient (Wildman–Crippen LogP) is -2.01. The molecule has 0 aromatic carbocycles. The lowest BCUT2D eigenvalue weighted by Crippen LogP contribution is -2.13. The molecule has 0 aliphatic rings. The van der Waals surface area contributed by atoms with Gasteiger partial charge in [-0.3, -0.25) is 4.79 Å². The Bertz CT molecular complexity index is 304. The second kappa shape index (κ2) is 2.72. The highest BCUT2D eigenvalue weighted by Crippen LogP contribution is 1.45. The molecule has 0 saturated heterocycles. The van der Waals surface area contributed by atoms with Crippen LogP contribution in [0.5, 0.6) is 0 Å². The molecule has 1 aromatic rings. The van der Waals surface area contributed by atoms with Crippen LogP contribution in [0.25, 0.3) is 0 Å². The molecule has 0 aliphatic carbocycles. The van der Waals surface area contributed by atoms with Crippen LogP contribution in [-0.2, 0) is 0 Å². The summed E-state index contributed by atoms with van der Waals surface area (Å²) < 4.78 is 0. The second-order valence-corrected chi connectivity index (χ2v) is 1.34. The molecule has 6 nitrogen and oxygen atoms in total. The van der Waals surface area contributed by atoms with Crippen molar-refractivity contribution in [1.29, 1.82) is 0 Å². The van der Waals surface area contributed by atoms with E-state index in [9.17, 15) is 9.59 Å². The molecule has 50 valence electrons. The molecule has 0 N–H and O–H groups in total. The lowest BCUT2D eigenvalue weighted by atomic mass is 10.9. The maximum atomic E-state index is 10.4. The number of nitrogens with zero attached hydrogens (tertiary/aromatic N) is 4. The molecular formula is C4H2N4O2. The molecule has 0 fully saturated rings. The first-order chi connectivity index (χ1) is 4.79. The highest BCUT2D eigenvalue weighted by Gasteiger charge is 1.79. The number of hydrogen-bond donors (Lipinski definition) is 0. The lowest BCUT2D eigenvalue weighted by Gasteiger charge is -1.69.